The summed E-state index contributed by atoms with van der Waals surface area (Å²) in [6, 6.07) is 5.01. The molecule has 0 saturated heterocycles. The summed E-state index contributed by atoms with van der Waals surface area (Å²) in [7, 11) is 3.41. The molecule has 2 rings (SSSR count). The zero-order valence-corrected chi connectivity index (χ0v) is 13.5. The van der Waals surface area contributed by atoms with Crippen LogP contribution in [-0.2, 0) is 7.05 Å². The van der Waals surface area contributed by atoms with Gasteiger partial charge in [0.05, 0.1) is 6.04 Å². The van der Waals surface area contributed by atoms with Crippen molar-refractivity contribution in [1.29, 1.82) is 0 Å². The van der Waals surface area contributed by atoms with E-state index in [0.29, 0.717) is 11.3 Å². The van der Waals surface area contributed by atoms with E-state index in [1.54, 1.807) is 37.8 Å². The van der Waals surface area contributed by atoms with Crippen LogP contribution in [0.1, 0.15) is 29.0 Å². The lowest BCUT2D eigenvalue weighted by molar-refractivity contribution is 0.0732. The second-order valence-corrected chi connectivity index (χ2v) is 5.84. The lowest BCUT2D eigenvalue weighted by Crippen LogP contribution is -2.31. The molecular weight excluding hydrogens is 342 g/mol. The highest BCUT2D eigenvalue weighted by Crippen LogP contribution is 2.23. The van der Waals surface area contributed by atoms with Crippen LogP contribution in [-0.4, -0.2) is 22.4 Å². The largest absolute Gasteiger partial charge is 0.345 e. The van der Waals surface area contributed by atoms with Crippen molar-refractivity contribution in [2.75, 3.05) is 7.05 Å². The van der Waals surface area contributed by atoms with Gasteiger partial charge in [-0.3, -0.25) is 4.79 Å². The van der Waals surface area contributed by atoms with Crippen LogP contribution in [0.15, 0.2) is 34.9 Å². The van der Waals surface area contributed by atoms with Gasteiger partial charge in [0.25, 0.3) is 5.91 Å². The summed E-state index contributed by atoms with van der Waals surface area (Å²) in [6.07, 6.45) is 1.78. The molecule has 0 spiro atoms. The molecule has 1 aromatic carbocycles. The lowest BCUT2D eigenvalue weighted by atomic mass is 10.1. The van der Waals surface area contributed by atoms with Crippen molar-refractivity contribution >= 4 is 21.8 Å². The fraction of sp³-hybridized carbons (Fsp3) is 0.267. The molecule has 112 valence electrons. The Kier molecular flexibility index (Phi) is 4.46. The Balaban J connectivity index is 2.26. The maximum atomic E-state index is 13.3. The van der Waals surface area contributed by atoms with Crippen LogP contribution in [0.3, 0.4) is 0 Å². The Hall–Kier alpha value is -1.69. The molecule has 1 atom stereocenters. The molecule has 0 fully saturated rings. The molecule has 1 amide bonds. The first-order valence-corrected chi connectivity index (χ1v) is 7.14. The molecule has 0 bridgehead atoms. The highest BCUT2D eigenvalue weighted by molar-refractivity contribution is 9.10. The Morgan fingerprint density at radius 1 is 1.29 bits per heavy atom. The SMILES string of the molecule is CC(c1ccc(F)c(F)c1)N(C)C(=O)c1cc(Br)cn1C. The van der Waals surface area contributed by atoms with E-state index in [2.05, 4.69) is 15.9 Å². The van der Waals surface area contributed by atoms with Gasteiger partial charge < -0.3 is 9.47 Å². The standard InChI is InChI=1S/C15H15BrF2N2O/c1-9(10-4-5-12(17)13(18)6-10)20(3)15(21)14-7-11(16)8-19(14)2/h4-9H,1-3H3. The summed E-state index contributed by atoms with van der Waals surface area (Å²) >= 11 is 3.32. The highest BCUT2D eigenvalue weighted by atomic mass is 79.9. The Bertz CT molecular complexity index is 684. The third-order valence-corrected chi connectivity index (χ3v) is 3.95. The van der Waals surface area contributed by atoms with E-state index in [1.807, 2.05) is 0 Å². The van der Waals surface area contributed by atoms with Crippen molar-refractivity contribution in [3.05, 3.63) is 57.8 Å². The van der Waals surface area contributed by atoms with Gasteiger partial charge in [0.2, 0.25) is 0 Å². The number of benzene rings is 1. The minimum atomic E-state index is -0.915. The molecule has 1 heterocycles. The van der Waals surface area contributed by atoms with Gasteiger partial charge in [0, 0.05) is 24.8 Å². The number of nitrogens with zero attached hydrogens (tertiary/aromatic N) is 2. The van der Waals surface area contributed by atoms with Gasteiger partial charge in [-0.15, -0.1) is 0 Å². The Morgan fingerprint density at radius 2 is 1.95 bits per heavy atom. The maximum Gasteiger partial charge on any atom is 0.270 e. The van der Waals surface area contributed by atoms with Crippen molar-refractivity contribution in [2.45, 2.75) is 13.0 Å². The van der Waals surface area contributed by atoms with Gasteiger partial charge in [0.1, 0.15) is 5.69 Å². The van der Waals surface area contributed by atoms with Crippen molar-refractivity contribution < 1.29 is 13.6 Å². The number of carbonyl (C=O) groups excluding carboxylic acids is 1. The van der Waals surface area contributed by atoms with E-state index in [9.17, 15) is 13.6 Å². The van der Waals surface area contributed by atoms with Gasteiger partial charge in [-0.2, -0.15) is 0 Å². The van der Waals surface area contributed by atoms with Gasteiger partial charge in [-0.1, -0.05) is 6.07 Å². The number of aryl methyl sites for hydroxylation is 1. The number of amides is 1. The topological polar surface area (TPSA) is 25.2 Å². The van der Waals surface area contributed by atoms with Crippen LogP contribution in [0.25, 0.3) is 0 Å². The quantitative estimate of drug-likeness (QED) is 0.818. The van der Waals surface area contributed by atoms with Crippen molar-refractivity contribution in [2.24, 2.45) is 7.05 Å². The summed E-state index contributed by atoms with van der Waals surface area (Å²) in [5.74, 6) is -2.01. The number of aromatic nitrogens is 1. The monoisotopic (exact) mass is 356 g/mol. The molecule has 3 nitrogen and oxygen atoms in total. The Labute approximate surface area is 130 Å². The lowest BCUT2D eigenvalue weighted by Gasteiger charge is -2.25. The average molecular weight is 357 g/mol. The number of halogens is 3. The molecule has 21 heavy (non-hydrogen) atoms. The van der Waals surface area contributed by atoms with E-state index in [4.69, 9.17) is 0 Å². The summed E-state index contributed by atoms with van der Waals surface area (Å²) in [5, 5.41) is 0. The smallest absolute Gasteiger partial charge is 0.270 e. The fourth-order valence-corrected chi connectivity index (χ4v) is 2.61. The molecule has 2 aromatic rings. The highest BCUT2D eigenvalue weighted by Gasteiger charge is 2.22. The molecule has 0 aliphatic carbocycles. The van der Waals surface area contributed by atoms with Gasteiger partial charge in [-0.25, -0.2) is 8.78 Å². The molecule has 0 saturated carbocycles. The van der Waals surface area contributed by atoms with Gasteiger partial charge in [0.15, 0.2) is 11.6 Å². The number of carbonyl (C=O) groups is 1. The van der Waals surface area contributed by atoms with Crippen LogP contribution < -0.4 is 0 Å². The molecule has 0 aliphatic heterocycles. The first-order valence-electron chi connectivity index (χ1n) is 6.35. The summed E-state index contributed by atoms with van der Waals surface area (Å²) in [5.41, 5.74) is 1.05. The van der Waals surface area contributed by atoms with Crippen LogP contribution >= 0.6 is 15.9 Å². The average Bonchev–Trinajstić information content (AvgIpc) is 2.78. The first kappa shape index (κ1) is 15.7. The van der Waals surface area contributed by atoms with Gasteiger partial charge >= 0.3 is 0 Å². The molecule has 0 radical (unpaired) electrons. The number of rotatable bonds is 3. The molecule has 6 heteroatoms. The van der Waals surface area contributed by atoms with Crippen molar-refractivity contribution in [3.8, 4) is 0 Å². The third-order valence-electron chi connectivity index (χ3n) is 3.52. The number of hydrogen-bond acceptors (Lipinski definition) is 1. The van der Waals surface area contributed by atoms with Crippen molar-refractivity contribution in [3.63, 3.8) is 0 Å². The van der Waals surface area contributed by atoms with Crippen LogP contribution in [0.5, 0.6) is 0 Å². The maximum absolute atomic E-state index is 13.3. The third kappa shape index (κ3) is 3.15. The molecule has 0 N–H and O–H groups in total. The first-order chi connectivity index (χ1) is 9.81. The molecule has 0 aliphatic rings. The van der Waals surface area contributed by atoms with E-state index in [1.165, 1.54) is 11.0 Å². The van der Waals surface area contributed by atoms with Crippen molar-refractivity contribution in [1.82, 2.24) is 9.47 Å². The second kappa shape index (κ2) is 5.97. The van der Waals surface area contributed by atoms with Crippen LogP contribution in [0, 0.1) is 11.6 Å². The van der Waals surface area contributed by atoms with Crippen LogP contribution in [0.4, 0.5) is 8.78 Å². The van der Waals surface area contributed by atoms with E-state index < -0.39 is 11.6 Å². The second-order valence-electron chi connectivity index (χ2n) is 4.92. The van der Waals surface area contributed by atoms with Crippen LogP contribution in [0.2, 0.25) is 0 Å². The predicted molar refractivity (Wildman–Crippen MR) is 80.0 cm³/mol. The molecule has 1 aromatic heterocycles. The summed E-state index contributed by atoms with van der Waals surface area (Å²) < 4.78 is 28.8. The number of hydrogen-bond donors (Lipinski definition) is 0. The van der Waals surface area contributed by atoms with E-state index >= 15 is 0 Å². The molecular formula is C15H15BrF2N2O. The minimum absolute atomic E-state index is 0.194. The zero-order chi connectivity index (χ0) is 15.7. The zero-order valence-electron chi connectivity index (χ0n) is 11.9. The minimum Gasteiger partial charge on any atom is -0.345 e. The van der Waals surface area contributed by atoms with E-state index in [0.717, 1.165) is 16.6 Å². The normalized spacial score (nSPS) is 12.3. The molecule has 1 unspecified atom stereocenters. The van der Waals surface area contributed by atoms with Gasteiger partial charge in [-0.05, 0) is 46.6 Å². The Morgan fingerprint density at radius 3 is 2.48 bits per heavy atom. The summed E-state index contributed by atoms with van der Waals surface area (Å²) in [6.45, 7) is 1.77. The fourth-order valence-electron chi connectivity index (χ4n) is 2.09. The predicted octanol–water partition coefficient (Wildman–Crippen LogP) is 3.90. The summed E-state index contributed by atoms with van der Waals surface area (Å²) in [4.78, 5) is 14.0. The van der Waals surface area contributed by atoms with E-state index in [-0.39, 0.29) is 11.9 Å².